The zero-order chi connectivity index (χ0) is 19.8. The van der Waals surface area contributed by atoms with Gasteiger partial charge in [-0.05, 0) is 31.5 Å². The number of aromatic nitrogens is 2. The lowest BCUT2D eigenvalue weighted by molar-refractivity contribution is -0.138. The van der Waals surface area contributed by atoms with Crippen LogP contribution < -0.4 is 0 Å². The van der Waals surface area contributed by atoms with Crippen LogP contribution in [0.15, 0.2) is 30.3 Å². The van der Waals surface area contributed by atoms with E-state index in [4.69, 9.17) is 5.11 Å². The average molecular weight is 367 g/mol. The summed E-state index contributed by atoms with van der Waals surface area (Å²) in [6.07, 6.45) is 0.885. The van der Waals surface area contributed by atoms with Crippen molar-refractivity contribution in [3.63, 3.8) is 0 Å². The predicted octanol–water partition coefficient (Wildman–Crippen LogP) is 3.51. The zero-order valence-corrected chi connectivity index (χ0v) is 16.2. The molecule has 1 unspecified atom stereocenters. The van der Waals surface area contributed by atoms with Gasteiger partial charge in [-0.1, -0.05) is 32.9 Å². The van der Waals surface area contributed by atoms with Crippen molar-refractivity contribution in [1.82, 2.24) is 14.9 Å². The summed E-state index contributed by atoms with van der Waals surface area (Å²) >= 11 is 0. The van der Waals surface area contributed by atoms with Crippen LogP contribution in [0.5, 0.6) is 0 Å². The number of likely N-dealkylation sites (tertiary alicyclic amines) is 1. The number of carbonyl (C=O) groups is 2. The first-order valence-corrected chi connectivity index (χ1v) is 9.14. The number of amides is 1. The molecule has 0 saturated carbocycles. The van der Waals surface area contributed by atoms with E-state index in [0.717, 1.165) is 29.9 Å². The van der Waals surface area contributed by atoms with Crippen LogP contribution in [0.25, 0.3) is 11.3 Å². The average Bonchev–Trinajstić information content (AvgIpc) is 3.09. The number of nitrogens with zero attached hydrogens (tertiary/aromatic N) is 3. The fourth-order valence-corrected chi connectivity index (χ4v) is 3.39. The van der Waals surface area contributed by atoms with E-state index in [-0.39, 0.29) is 22.8 Å². The molecule has 1 amide bonds. The molecule has 6 heteroatoms. The van der Waals surface area contributed by atoms with E-state index in [1.807, 2.05) is 38.7 Å². The van der Waals surface area contributed by atoms with E-state index >= 15 is 0 Å². The van der Waals surface area contributed by atoms with Crippen molar-refractivity contribution in [2.45, 2.75) is 40.0 Å². The maximum atomic E-state index is 12.5. The molecule has 6 nitrogen and oxygen atoms in total. The van der Waals surface area contributed by atoms with Gasteiger partial charge >= 0.3 is 5.97 Å². The Labute approximate surface area is 159 Å². The Morgan fingerprint density at radius 3 is 2.41 bits per heavy atom. The molecule has 1 fully saturated rings. The van der Waals surface area contributed by atoms with Gasteiger partial charge in [0.05, 0.1) is 11.3 Å². The van der Waals surface area contributed by atoms with Crippen LogP contribution in [-0.2, 0) is 4.79 Å². The number of aromatic carboxylic acids is 1. The first-order valence-electron chi connectivity index (χ1n) is 9.14. The summed E-state index contributed by atoms with van der Waals surface area (Å²) in [6, 6.07) is 8.64. The lowest BCUT2D eigenvalue weighted by Gasteiger charge is -2.25. The van der Waals surface area contributed by atoms with E-state index in [9.17, 15) is 9.59 Å². The molecule has 1 aromatic carbocycles. The first-order chi connectivity index (χ1) is 12.6. The minimum absolute atomic E-state index is 0.167. The summed E-state index contributed by atoms with van der Waals surface area (Å²) in [4.78, 5) is 34.6. The Morgan fingerprint density at radius 2 is 1.81 bits per heavy atom. The molecule has 0 bridgehead atoms. The third kappa shape index (κ3) is 4.15. The highest BCUT2D eigenvalue weighted by atomic mass is 16.4. The molecule has 142 valence electrons. The van der Waals surface area contributed by atoms with Gasteiger partial charge in [0.25, 0.3) is 0 Å². The van der Waals surface area contributed by atoms with Gasteiger partial charge in [-0.3, -0.25) is 4.79 Å². The lowest BCUT2D eigenvalue weighted by atomic mass is 9.95. The number of hydrogen-bond acceptors (Lipinski definition) is 4. The largest absolute Gasteiger partial charge is 0.478 e. The molecule has 27 heavy (non-hydrogen) atoms. The standard InChI is InChI=1S/C21H25N3O3/c1-13-22-17(14-5-7-15(8-6-14)19(25)26)11-18(23-13)16-9-10-24(12-16)20(27)21(2,3)4/h5-8,11,16H,9-10,12H2,1-4H3,(H,25,26). The van der Waals surface area contributed by atoms with E-state index in [1.54, 1.807) is 24.3 Å². The summed E-state index contributed by atoms with van der Waals surface area (Å²) in [6.45, 7) is 9.09. The second kappa shape index (κ2) is 7.10. The summed E-state index contributed by atoms with van der Waals surface area (Å²) < 4.78 is 0. The second-order valence-corrected chi connectivity index (χ2v) is 8.09. The lowest BCUT2D eigenvalue weighted by Crippen LogP contribution is -2.37. The van der Waals surface area contributed by atoms with Crippen molar-refractivity contribution in [3.05, 3.63) is 47.4 Å². The van der Waals surface area contributed by atoms with E-state index in [1.165, 1.54) is 0 Å². The van der Waals surface area contributed by atoms with Crippen molar-refractivity contribution in [3.8, 4) is 11.3 Å². The molecule has 1 saturated heterocycles. The summed E-state index contributed by atoms with van der Waals surface area (Å²) in [5, 5.41) is 9.05. The highest BCUT2D eigenvalue weighted by molar-refractivity contribution is 5.88. The van der Waals surface area contributed by atoms with Crippen LogP contribution in [0.4, 0.5) is 0 Å². The van der Waals surface area contributed by atoms with Crippen molar-refractivity contribution in [2.24, 2.45) is 5.41 Å². The second-order valence-electron chi connectivity index (χ2n) is 8.09. The number of carboxylic acid groups (broad SMARTS) is 1. The number of hydrogen-bond donors (Lipinski definition) is 1. The topological polar surface area (TPSA) is 83.4 Å². The van der Waals surface area contributed by atoms with Crippen molar-refractivity contribution < 1.29 is 14.7 Å². The van der Waals surface area contributed by atoms with Crippen molar-refractivity contribution in [2.75, 3.05) is 13.1 Å². The van der Waals surface area contributed by atoms with E-state index in [2.05, 4.69) is 9.97 Å². The number of rotatable bonds is 3. The maximum absolute atomic E-state index is 12.5. The Hall–Kier alpha value is -2.76. The van der Waals surface area contributed by atoms with Crippen molar-refractivity contribution in [1.29, 1.82) is 0 Å². The van der Waals surface area contributed by atoms with Crippen LogP contribution >= 0.6 is 0 Å². The SMILES string of the molecule is Cc1nc(-c2ccc(C(=O)O)cc2)cc(C2CCN(C(=O)C(C)(C)C)C2)n1. The number of carbonyl (C=O) groups excluding carboxylic acids is 1. The minimum atomic E-state index is -0.948. The van der Waals surface area contributed by atoms with Gasteiger partial charge in [0.1, 0.15) is 5.82 Å². The van der Waals surface area contributed by atoms with Gasteiger partial charge in [0.2, 0.25) is 5.91 Å². The van der Waals surface area contributed by atoms with Gasteiger partial charge in [0, 0.05) is 35.7 Å². The number of carboxylic acids is 1. The molecule has 2 aromatic rings. The van der Waals surface area contributed by atoms with Crippen LogP contribution in [-0.4, -0.2) is 44.9 Å². The Morgan fingerprint density at radius 1 is 1.15 bits per heavy atom. The third-order valence-corrected chi connectivity index (χ3v) is 4.82. The molecular formula is C21H25N3O3. The normalized spacial score (nSPS) is 17.2. The molecule has 1 aliphatic rings. The van der Waals surface area contributed by atoms with Crippen LogP contribution in [0, 0.1) is 12.3 Å². The number of aryl methyl sites for hydroxylation is 1. The van der Waals surface area contributed by atoms with Gasteiger partial charge in [-0.15, -0.1) is 0 Å². The zero-order valence-electron chi connectivity index (χ0n) is 16.2. The Bertz CT molecular complexity index is 869. The highest BCUT2D eigenvalue weighted by Crippen LogP contribution is 2.31. The first kappa shape index (κ1) is 19.0. The molecule has 0 aliphatic carbocycles. The van der Waals surface area contributed by atoms with Gasteiger partial charge in [-0.2, -0.15) is 0 Å². The Balaban J connectivity index is 1.84. The fourth-order valence-electron chi connectivity index (χ4n) is 3.39. The van der Waals surface area contributed by atoms with Crippen LogP contribution in [0.2, 0.25) is 0 Å². The van der Waals surface area contributed by atoms with Gasteiger partial charge in [0.15, 0.2) is 0 Å². The molecule has 0 spiro atoms. The minimum Gasteiger partial charge on any atom is -0.478 e. The highest BCUT2D eigenvalue weighted by Gasteiger charge is 2.34. The molecule has 3 rings (SSSR count). The summed E-state index contributed by atoms with van der Waals surface area (Å²) in [5.41, 5.74) is 2.43. The van der Waals surface area contributed by atoms with Crippen LogP contribution in [0.3, 0.4) is 0 Å². The molecule has 1 N–H and O–H groups in total. The molecular weight excluding hydrogens is 342 g/mol. The fraction of sp³-hybridized carbons (Fsp3) is 0.429. The smallest absolute Gasteiger partial charge is 0.335 e. The monoisotopic (exact) mass is 367 g/mol. The quantitative estimate of drug-likeness (QED) is 0.897. The van der Waals surface area contributed by atoms with E-state index < -0.39 is 5.97 Å². The summed E-state index contributed by atoms with van der Waals surface area (Å²) in [7, 11) is 0. The molecule has 1 atom stereocenters. The maximum Gasteiger partial charge on any atom is 0.335 e. The van der Waals surface area contributed by atoms with Crippen LogP contribution in [0.1, 0.15) is 55.0 Å². The third-order valence-electron chi connectivity index (χ3n) is 4.82. The molecule has 1 aromatic heterocycles. The van der Waals surface area contributed by atoms with Crippen molar-refractivity contribution >= 4 is 11.9 Å². The summed E-state index contributed by atoms with van der Waals surface area (Å²) in [5.74, 6) is 0.0800. The van der Waals surface area contributed by atoms with Gasteiger partial charge < -0.3 is 10.0 Å². The van der Waals surface area contributed by atoms with Gasteiger partial charge in [-0.25, -0.2) is 14.8 Å². The number of benzene rings is 1. The predicted molar refractivity (Wildman–Crippen MR) is 103 cm³/mol. The molecule has 0 radical (unpaired) electrons. The Kier molecular flexibility index (Phi) is 5.00. The van der Waals surface area contributed by atoms with E-state index in [0.29, 0.717) is 12.4 Å². The molecule has 1 aliphatic heterocycles. The molecule has 2 heterocycles.